The van der Waals surface area contributed by atoms with Crippen molar-refractivity contribution in [2.24, 2.45) is 0 Å². The highest BCUT2D eigenvalue weighted by atomic mass is 16.5. The maximum Gasteiger partial charge on any atom is 0.161 e. The summed E-state index contributed by atoms with van der Waals surface area (Å²) in [4.78, 5) is 6.44. The molecule has 0 bridgehead atoms. The Morgan fingerprint density at radius 1 is 1.05 bits per heavy atom. The first-order chi connectivity index (χ1) is 17.8. The van der Waals surface area contributed by atoms with E-state index in [9.17, 15) is 5.11 Å². The molecule has 200 valence electrons. The Kier molecular flexibility index (Phi) is 8.74. The largest absolute Gasteiger partial charge is 0.493 e. The van der Waals surface area contributed by atoms with Gasteiger partial charge in [-0.25, -0.2) is 4.98 Å². The molecule has 8 heteroatoms. The number of rotatable bonds is 10. The number of imidazole rings is 1. The fourth-order valence-corrected chi connectivity index (χ4v) is 4.66. The number of ether oxygens (including phenoxy) is 4. The Labute approximate surface area is 219 Å². The summed E-state index contributed by atoms with van der Waals surface area (Å²) in [5, 5.41) is 11.4. The first-order valence-corrected chi connectivity index (χ1v) is 12.8. The Bertz CT molecular complexity index is 1190. The highest BCUT2D eigenvalue weighted by molar-refractivity contribution is 5.43. The molecule has 1 N–H and O–H groups in total. The van der Waals surface area contributed by atoms with Crippen molar-refractivity contribution in [2.45, 2.75) is 46.4 Å². The normalized spacial score (nSPS) is 18.4. The zero-order valence-corrected chi connectivity index (χ0v) is 22.6. The average molecular weight is 510 g/mol. The predicted octanol–water partition coefficient (Wildman–Crippen LogP) is 3.85. The highest BCUT2D eigenvalue weighted by Gasteiger charge is 2.34. The summed E-state index contributed by atoms with van der Waals surface area (Å²) < 4.78 is 25.5. The maximum absolute atomic E-state index is 11.4. The maximum atomic E-state index is 11.4. The summed E-state index contributed by atoms with van der Waals surface area (Å²) in [5.74, 6) is 3.17. The summed E-state index contributed by atoms with van der Waals surface area (Å²) in [7, 11) is 1.65. The lowest BCUT2D eigenvalue weighted by Crippen LogP contribution is -2.48. The molecule has 0 aliphatic carbocycles. The smallest absolute Gasteiger partial charge is 0.161 e. The number of aromatic nitrogens is 2. The van der Waals surface area contributed by atoms with Crippen LogP contribution in [-0.2, 0) is 17.8 Å². The van der Waals surface area contributed by atoms with Crippen LogP contribution in [0.3, 0.4) is 0 Å². The van der Waals surface area contributed by atoms with E-state index in [1.807, 2.05) is 44.3 Å². The molecule has 0 spiro atoms. The molecular formula is C29H39N3O5. The molecule has 1 aliphatic heterocycles. The second kappa shape index (κ2) is 12.0. The van der Waals surface area contributed by atoms with E-state index in [2.05, 4.69) is 34.4 Å². The SMILES string of the molecule is COc1cc(CN2CCOC[C@](O)(COc3cc(C)cc(C)c3C)C2)ccc1OCCn1ccnc1C. The van der Waals surface area contributed by atoms with E-state index in [4.69, 9.17) is 18.9 Å². The molecular weight excluding hydrogens is 470 g/mol. The highest BCUT2D eigenvalue weighted by Crippen LogP contribution is 2.29. The van der Waals surface area contributed by atoms with Gasteiger partial charge in [0.05, 0.1) is 26.9 Å². The van der Waals surface area contributed by atoms with Crippen LogP contribution in [0.5, 0.6) is 17.2 Å². The molecule has 1 aliphatic rings. The number of benzene rings is 2. The van der Waals surface area contributed by atoms with Gasteiger partial charge in [0, 0.05) is 32.0 Å². The summed E-state index contributed by atoms with van der Waals surface area (Å²) in [5.41, 5.74) is 3.38. The number of aliphatic hydroxyl groups is 1. The standard InChI is InChI=1S/C29H39N3O5/c1-21-14-22(2)23(3)27(15-21)37-20-29(33)18-31(10-12-35-19-29)17-25-6-7-26(28(16-25)34-5)36-13-11-32-9-8-30-24(32)4/h6-9,14-16,33H,10-13,17-20H2,1-5H3/t29-/m0/s1. The minimum Gasteiger partial charge on any atom is -0.493 e. The third-order valence-electron chi connectivity index (χ3n) is 6.85. The van der Waals surface area contributed by atoms with Crippen LogP contribution in [0.25, 0.3) is 0 Å². The minimum absolute atomic E-state index is 0.166. The fraction of sp³-hybridized carbons (Fsp3) is 0.483. The molecule has 8 nitrogen and oxygen atoms in total. The van der Waals surface area contributed by atoms with Crippen LogP contribution in [0.2, 0.25) is 0 Å². The average Bonchev–Trinajstić information content (AvgIpc) is 3.18. The van der Waals surface area contributed by atoms with E-state index in [1.165, 1.54) is 5.56 Å². The first-order valence-electron chi connectivity index (χ1n) is 12.8. The summed E-state index contributed by atoms with van der Waals surface area (Å²) in [6.45, 7) is 12.1. The molecule has 0 amide bonds. The van der Waals surface area contributed by atoms with Gasteiger partial charge in [-0.2, -0.15) is 0 Å². The van der Waals surface area contributed by atoms with Crippen molar-refractivity contribution in [3.05, 3.63) is 70.8 Å². The zero-order valence-electron chi connectivity index (χ0n) is 22.6. The van der Waals surface area contributed by atoms with E-state index < -0.39 is 5.60 Å². The molecule has 3 aromatic rings. The lowest BCUT2D eigenvalue weighted by Gasteiger charge is -2.31. The van der Waals surface area contributed by atoms with E-state index in [0.29, 0.717) is 44.3 Å². The lowest BCUT2D eigenvalue weighted by molar-refractivity contribution is -0.0648. The lowest BCUT2D eigenvalue weighted by atomic mass is 10.0. The van der Waals surface area contributed by atoms with Crippen molar-refractivity contribution in [3.63, 3.8) is 0 Å². The fourth-order valence-electron chi connectivity index (χ4n) is 4.66. The number of nitrogens with zero attached hydrogens (tertiary/aromatic N) is 3. The van der Waals surface area contributed by atoms with Crippen molar-refractivity contribution in [2.75, 3.05) is 46.6 Å². The summed E-state index contributed by atoms with van der Waals surface area (Å²) >= 11 is 0. The monoisotopic (exact) mass is 509 g/mol. The van der Waals surface area contributed by atoms with Gasteiger partial charge < -0.3 is 28.6 Å². The number of hydrogen-bond donors (Lipinski definition) is 1. The van der Waals surface area contributed by atoms with Crippen molar-refractivity contribution < 1.29 is 24.1 Å². The molecule has 0 unspecified atom stereocenters. The molecule has 4 rings (SSSR count). The quantitative estimate of drug-likeness (QED) is 0.445. The molecule has 37 heavy (non-hydrogen) atoms. The second-order valence-corrected chi connectivity index (χ2v) is 9.98. The third-order valence-corrected chi connectivity index (χ3v) is 6.85. The molecule has 0 saturated carbocycles. The number of hydrogen-bond acceptors (Lipinski definition) is 7. The zero-order chi connectivity index (χ0) is 26.4. The van der Waals surface area contributed by atoms with Crippen molar-refractivity contribution in [1.29, 1.82) is 0 Å². The van der Waals surface area contributed by atoms with Crippen LogP contribution in [0, 0.1) is 27.7 Å². The van der Waals surface area contributed by atoms with E-state index in [-0.39, 0.29) is 13.2 Å². The van der Waals surface area contributed by atoms with Gasteiger partial charge in [0.15, 0.2) is 11.5 Å². The van der Waals surface area contributed by atoms with Gasteiger partial charge in [-0.3, -0.25) is 4.90 Å². The van der Waals surface area contributed by atoms with Crippen molar-refractivity contribution in [3.8, 4) is 17.2 Å². The minimum atomic E-state index is -1.11. The van der Waals surface area contributed by atoms with Crippen molar-refractivity contribution in [1.82, 2.24) is 14.5 Å². The van der Waals surface area contributed by atoms with Gasteiger partial charge in [-0.1, -0.05) is 12.1 Å². The molecule has 1 fully saturated rings. The number of methoxy groups -OCH3 is 1. The summed E-state index contributed by atoms with van der Waals surface area (Å²) in [6, 6.07) is 10.1. The van der Waals surface area contributed by atoms with Crippen LogP contribution in [0.4, 0.5) is 0 Å². The summed E-state index contributed by atoms with van der Waals surface area (Å²) in [6.07, 6.45) is 3.73. The van der Waals surface area contributed by atoms with Gasteiger partial charge in [-0.05, 0) is 68.1 Å². The van der Waals surface area contributed by atoms with Gasteiger partial charge in [-0.15, -0.1) is 0 Å². The van der Waals surface area contributed by atoms with Crippen molar-refractivity contribution >= 4 is 0 Å². The van der Waals surface area contributed by atoms with E-state index in [1.54, 1.807) is 13.3 Å². The predicted molar refractivity (Wildman–Crippen MR) is 143 cm³/mol. The Balaban J connectivity index is 1.37. The van der Waals surface area contributed by atoms with Gasteiger partial charge >= 0.3 is 0 Å². The molecule has 0 radical (unpaired) electrons. The van der Waals surface area contributed by atoms with E-state index >= 15 is 0 Å². The Hall–Kier alpha value is -3.07. The van der Waals surface area contributed by atoms with Gasteiger partial charge in [0.2, 0.25) is 0 Å². The Morgan fingerprint density at radius 3 is 2.65 bits per heavy atom. The van der Waals surface area contributed by atoms with Gasteiger partial charge in [0.25, 0.3) is 0 Å². The Morgan fingerprint density at radius 2 is 1.89 bits per heavy atom. The topological polar surface area (TPSA) is 78.2 Å². The van der Waals surface area contributed by atoms with Crippen LogP contribution in [-0.4, -0.2) is 71.8 Å². The molecule has 1 atom stereocenters. The second-order valence-electron chi connectivity index (χ2n) is 9.98. The first kappa shape index (κ1) is 27.0. The molecule has 1 saturated heterocycles. The van der Waals surface area contributed by atoms with E-state index in [0.717, 1.165) is 34.8 Å². The van der Waals surface area contributed by atoms with Crippen LogP contribution < -0.4 is 14.2 Å². The van der Waals surface area contributed by atoms with Crippen LogP contribution in [0.15, 0.2) is 42.7 Å². The molecule has 2 aromatic carbocycles. The third kappa shape index (κ3) is 7.03. The number of aryl methyl sites for hydroxylation is 3. The van der Waals surface area contributed by atoms with Gasteiger partial charge in [0.1, 0.15) is 30.4 Å². The molecule has 1 aromatic heterocycles. The molecule has 2 heterocycles. The number of β-amino-alcohol motifs (C(OH)–C–C–N with tert-alkyl or cyclic N) is 1. The van der Waals surface area contributed by atoms with Crippen LogP contribution >= 0.6 is 0 Å². The van der Waals surface area contributed by atoms with Crippen LogP contribution in [0.1, 0.15) is 28.1 Å².